The Balaban J connectivity index is 1.97. The number of benzene rings is 1. The van der Waals surface area contributed by atoms with Crippen LogP contribution in [0.15, 0.2) is 35.5 Å². The highest BCUT2D eigenvalue weighted by Gasteiger charge is 2.03. The lowest BCUT2D eigenvalue weighted by Gasteiger charge is -2.09. The van der Waals surface area contributed by atoms with Crippen LogP contribution in [-0.2, 0) is 6.42 Å². The highest BCUT2D eigenvalue weighted by atomic mass is 32.2. The third-order valence-electron chi connectivity index (χ3n) is 2.85. The van der Waals surface area contributed by atoms with Crippen LogP contribution in [0.1, 0.15) is 12.5 Å². The smallest absolute Gasteiger partial charge is 0.191 e. The number of halogens is 1. The second-order valence-electron chi connectivity index (χ2n) is 4.46. The van der Waals surface area contributed by atoms with Crippen LogP contribution >= 0.6 is 11.8 Å². The van der Waals surface area contributed by atoms with E-state index in [1.165, 1.54) is 17.8 Å². The molecule has 2 aromatic rings. The summed E-state index contributed by atoms with van der Waals surface area (Å²) in [5.74, 6) is 1.39. The molecule has 21 heavy (non-hydrogen) atoms. The summed E-state index contributed by atoms with van der Waals surface area (Å²) in [4.78, 5) is 8.78. The maximum atomic E-state index is 13.1. The van der Waals surface area contributed by atoms with Crippen LogP contribution in [0.2, 0.25) is 0 Å². The van der Waals surface area contributed by atoms with Crippen LogP contribution in [0, 0.1) is 5.82 Å². The Bertz CT molecular complexity index is 592. The minimum atomic E-state index is -0.200. The molecule has 6 heteroatoms. The van der Waals surface area contributed by atoms with Gasteiger partial charge in [0.1, 0.15) is 17.5 Å². The molecule has 0 fully saturated rings. The number of rotatable bonds is 7. The first kappa shape index (κ1) is 15.6. The third-order valence-corrected chi connectivity index (χ3v) is 3.40. The second-order valence-corrected chi connectivity index (χ2v) is 5.24. The van der Waals surface area contributed by atoms with E-state index in [0.29, 0.717) is 6.54 Å². The van der Waals surface area contributed by atoms with Crippen molar-refractivity contribution in [1.82, 2.24) is 9.97 Å². The van der Waals surface area contributed by atoms with E-state index in [1.807, 2.05) is 25.3 Å². The average molecular weight is 306 g/mol. The van der Waals surface area contributed by atoms with Gasteiger partial charge in [-0.25, -0.2) is 14.4 Å². The summed E-state index contributed by atoms with van der Waals surface area (Å²) in [5.41, 5.74) is 0.966. The van der Waals surface area contributed by atoms with Crippen molar-refractivity contribution in [2.75, 3.05) is 30.0 Å². The van der Waals surface area contributed by atoms with E-state index in [4.69, 9.17) is 0 Å². The number of hydrogen-bond acceptors (Lipinski definition) is 5. The molecule has 1 aromatic heterocycles. The first-order chi connectivity index (χ1) is 10.2. The lowest BCUT2D eigenvalue weighted by atomic mass is 10.1. The molecule has 0 aliphatic heterocycles. The number of thioether (sulfide) groups is 1. The van der Waals surface area contributed by atoms with Crippen molar-refractivity contribution in [3.63, 3.8) is 0 Å². The van der Waals surface area contributed by atoms with E-state index in [1.54, 1.807) is 12.1 Å². The van der Waals surface area contributed by atoms with Gasteiger partial charge in [-0.05, 0) is 37.3 Å². The van der Waals surface area contributed by atoms with Crippen molar-refractivity contribution in [1.29, 1.82) is 0 Å². The molecule has 1 heterocycles. The Morgan fingerprint density at radius 3 is 2.57 bits per heavy atom. The van der Waals surface area contributed by atoms with Crippen LogP contribution < -0.4 is 10.6 Å². The number of aromatic nitrogens is 2. The number of anilines is 2. The largest absolute Gasteiger partial charge is 0.370 e. The van der Waals surface area contributed by atoms with Crippen LogP contribution in [0.4, 0.5) is 16.0 Å². The molecule has 0 amide bonds. The van der Waals surface area contributed by atoms with Gasteiger partial charge in [0.15, 0.2) is 5.16 Å². The van der Waals surface area contributed by atoms with Gasteiger partial charge in [-0.2, -0.15) is 0 Å². The summed E-state index contributed by atoms with van der Waals surface area (Å²) < 4.78 is 13.1. The quantitative estimate of drug-likeness (QED) is 0.606. The topological polar surface area (TPSA) is 49.8 Å². The predicted molar refractivity (Wildman–Crippen MR) is 86.6 cm³/mol. The van der Waals surface area contributed by atoms with Crippen molar-refractivity contribution in [2.24, 2.45) is 0 Å². The first-order valence-corrected chi connectivity index (χ1v) is 8.09. The molecular weight excluding hydrogens is 287 g/mol. The van der Waals surface area contributed by atoms with Crippen LogP contribution in [0.3, 0.4) is 0 Å². The van der Waals surface area contributed by atoms with Gasteiger partial charge in [-0.3, -0.25) is 0 Å². The molecule has 0 bridgehead atoms. The van der Waals surface area contributed by atoms with Crippen molar-refractivity contribution in [3.8, 4) is 0 Å². The van der Waals surface area contributed by atoms with Gasteiger partial charge >= 0.3 is 0 Å². The van der Waals surface area contributed by atoms with E-state index in [0.717, 1.165) is 35.3 Å². The molecular formula is C15H19FN4S. The van der Waals surface area contributed by atoms with E-state index in [2.05, 4.69) is 20.6 Å². The molecule has 2 rings (SSSR count). The number of nitrogens with zero attached hydrogens (tertiary/aromatic N) is 2. The fourth-order valence-corrected chi connectivity index (χ4v) is 2.29. The first-order valence-electron chi connectivity index (χ1n) is 6.86. The van der Waals surface area contributed by atoms with E-state index in [-0.39, 0.29) is 5.82 Å². The maximum Gasteiger partial charge on any atom is 0.191 e. The number of hydrogen-bond donors (Lipinski definition) is 2. The van der Waals surface area contributed by atoms with Crippen LogP contribution in [-0.4, -0.2) is 29.3 Å². The monoisotopic (exact) mass is 306 g/mol. The van der Waals surface area contributed by atoms with Gasteiger partial charge < -0.3 is 10.6 Å². The molecule has 0 unspecified atom stereocenters. The molecule has 112 valence electrons. The van der Waals surface area contributed by atoms with Crippen molar-refractivity contribution < 1.29 is 4.39 Å². The summed E-state index contributed by atoms with van der Waals surface area (Å²) in [5, 5.41) is 7.17. The summed E-state index contributed by atoms with van der Waals surface area (Å²) >= 11 is 1.50. The Kier molecular flexibility index (Phi) is 5.80. The maximum absolute atomic E-state index is 13.1. The van der Waals surface area contributed by atoms with Crippen molar-refractivity contribution in [3.05, 3.63) is 41.7 Å². The normalized spacial score (nSPS) is 10.4. The Morgan fingerprint density at radius 1 is 1.14 bits per heavy atom. The van der Waals surface area contributed by atoms with Gasteiger partial charge in [0, 0.05) is 19.2 Å². The summed E-state index contributed by atoms with van der Waals surface area (Å²) in [7, 11) is 0. The molecule has 1 aromatic carbocycles. The highest BCUT2D eigenvalue weighted by molar-refractivity contribution is 7.98. The fraction of sp³-hybridized carbons (Fsp3) is 0.333. The lowest BCUT2D eigenvalue weighted by molar-refractivity contribution is 0.625. The Hall–Kier alpha value is -1.82. The molecule has 4 nitrogen and oxygen atoms in total. The van der Waals surface area contributed by atoms with Gasteiger partial charge in [0.05, 0.1) is 0 Å². The average Bonchev–Trinajstić information content (AvgIpc) is 2.47. The Morgan fingerprint density at radius 2 is 1.90 bits per heavy atom. The van der Waals surface area contributed by atoms with Crippen molar-refractivity contribution in [2.45, 2.75) is 18.5 Å². The zero-order chi connectivity index (χ0) is 15.1. The molecule has 2 N–H and O–H groups in total. The summed E-state index contributed by atoms with van der Waals surface area (Å²) in [6, 6.07) is 8.54. The van der Waals surface area contributed by atoms with E-state index >= 15 is 0 Å². The van der Waals surface area contributed by atoms with Gasteiger partial charge in [-0.15, -0.1) is 0 Å². The summed E-state index contributed by atoms with van der Waals surface area (Å²) in [6.07, 6.45) is 2.69. The zero-order valence-corrected chi connectivity index (χ0v) is 13.0. The molecule has 0 radical (unpaired) electrons. The molecule has 0 atom stereocenters. The highest BCUT2D eigenvalue weighted by Crippen LogP contribution is 2.17. The predicted octanol–water partition coefficient (Wildman–Crippen LogP) is 3.42. The minimum absolute atomic E-state index is 0.200. The molecule has 0 aliphatic carbocycles. The van der Waals surface area contributed by atoms with Crippen LogP contribution in [0.25, 0.3) is 0 Å². The van der Waals surface area contributed by atoms with Gasteiger partial charge in [0.25, 0.3) is 0 Å². The zero-order valence-electron chi connectivity index (χ0n) is 12.2. The molecule has 0 spiro atoms. The molecule has 0 saturated carbocycles. The molecule has 0 saturated heterocycles. The summed E-state index contributed by atoms with van der Waals surface area (Å²) in [6.45, 7) is 3.53. The lowest BCUT2D eigenvalue weighted by Crippen LogP contribution is -2.09. The number of nitrogens with one attached hydrogen (secondary N) is 2. The minimum Gasteiger partial charge on any atom is -0.370 e. The Labute approximate surface area is 128 Å². The van der Waals surface area contributed by atoms with Gasteiger partial charge in [-0.1, -0.05) is 23.9 Å². The van der Waals surface area contributed by atoms with E-state index < -0.39 is 0 Å². The molecule has 0 aliphatic rings. The van der Waals surface area contributed by atoms with Gasteiger partial charge in [0.2, 0.25) is 0 Å². The van der Waals surface area contributed by atoms with Crippen molar-refractivity contribution >= 4 is 23.4 Å². The fourth-order valence-electron chi connectivity index (χ4n) is 1.91. The van der Waals surface area contributed by atoms with Crippen LogP contribution in [0.5, 0.6) is 0 Å². The third kappa shape index (κ3) is 4.90. The van der Waals surface area contributed by atoms with E-state index in [9.17, 15) is 4.39 Å². The standard InChI is InChI=1S/C15H19FN4S/c1-3-17-13-10-14(20-15(19-13)21-2)18-8-7-11-5-4-6-12(16)9-11/h4-6,9-10H,3,7-8H2,1-2H3,(H2,17,18,19,20). The SMILES string of the molecule is CCNc1cc(NCCc2cccc(F)c2)nc(SC)n1. The second kappa shape index (κ2) is 7.83.